The van der Waals surface area contributed by atoms with Gasteiger partial charge >= 0.3 is 6.09 Å². The maximum Gasteiger partial charge on any atom is 0.407 e. The highest BCUT2D eigenvalue weighted by molar-refractivity contribution is 6.01. The lowest BCUT2D eigenvalue weighted by Gasteiger charge is -2.35. The van der Waals surface area contributed by atoms with Crippen molar-refractivity contribution in [3.63, 3.8) is 0 Å². The zero-order chi connectivity index (χ0) is 41.4. The first-order valence-electron chi connectivity index (χ1n) is 19.8. The van der Waals surface area contributed by atoms with Crippen LogP contribution >= 0.6 is 0 Å². The summed E-state index contributed by atoms with van der Waals surface area (Å²) in [6, 6.07) is 25.1. The van der Waals surface area contributed by atoms with Crippen LogP contribution in [-0.4, -0.2) is 74.9 Å². The van der Waals surface area contributed by atoms with Crippen molar-refractivity contribution in [3.05, 3.63) is 108 Å². The number of hydrogen-bond acceptors (Lipinski definition) is 8. The first-order valence-corrected chi connectivity index (χ1v) is 19.8. The molecule has 56 heavy (non-hydrogen) atoms. The number of nitrogens with one attached hydrogen (secondary N) is 2. The van der Waals surface area contributed by atoms with E-state index in [1.165, 1.54) is 0 Å². The van der Waals surface area contributed by atoms with E-state index < -0.39 is 72.1 Å². The number of hydrogen-bond donors (Lipinski definition) is 5. The van der Waals surface area contributed by atoms with Crippen LogP contribution in [0.2, 0.25) is 0 Å². The predicted molar refractivity (Wildman–Crippen MR) is 219 cm³/mol. The summed E-state index contributed by atoms with van der Waals surface area (Å²) in [6.45, 7) is 13.1. The Morgan fingerprint density at radius 3 is 1.71 bits per heavy atom. The van der Waals surface area contributed by atoms with Gasteiger partial charge in [0.15, 0.2) is 0 Å². The maximum atomic E-state index is 15.1. The molecule has 11 nitrogen and oxygen atoms in total. The quantitative estimate of drug-likeness (QED) is 0.0939. The molecule has 3 aromatic rings. The summed E-state index contributed by atoms with van der Waals surface area (Å²) >= 11 is 0. The van der Waals surface area contributed by atoms with Gasteiger partial charge in [0, 0.05) is 18.5 Å². The third-order valence-corrected chi connectivity index (χ3v) is 9.41. The highest BCUT2D eigenvalue weighted by Gasteiger charge is 2.41. The molecule has 6 N–H and O–H groups in total. The summed E-state index contributed by atoms with van der Waals surface area (Å²) < 4.78 is 5.54. The Morgan fingerprint density at radius 2 is 1.21 bits per heavy atom. The third-order valence-electron chi connectivity index (χ3n) is 9.41. The van der Waals surface area contributed by atoms with E-state index in [0.717, 1.165) is 21.6 Å². The van der Waals surface area contributed by atoms with Gasteiger partial charge in [-0.05, 0) is 81.4 Å². The molecule has 6 atom stereocenters. The van der Waals surface area contributed by atoms with Crippen LogP contribution in [0.1, 0.15) is 90.8 Å². The molecule has 306 valence electrons. The maximum absolute atomic E-state index is 15.1. The van der Waals surface area contributed by atoms with Gasteiger partial charge in [0.05, 0.1) is 24.7 Å². The Labute approximate surface area is 333 Å². The van der Waals surface area contributed by atoms with Crippen molar-refractivity contribution in [2.24, 2.45) is 23.5 Å². The van der Waals surface area contributed by atoms with Gasteiger partial charge < -0.3 is 31.3 Å². The standard InChI is InChI=1S/C45H64N4O7/c1-30(2)23-36(46)39(50)28-41(52)49(38(24-31(3)4)42(53)47-29-34-21-15-10-16-22-34)43(54)35(25-32-17-11-8-12-18-32)27-40(51)37(26-33-19-13-9-14-20-33)48-44(55)56-45(5,6)7/h8-22,30-31,35-40,50-51H,23-29,46H2,1-7H3,(H,47,53)(H,48,55)/t35?,36?,37?,38-,39-,40-/m0/s1. The summed E-state index contributed by atoms with van der Waals surface area (Å²) in [7, 11) is 0. The van der Waals surface area contributed by atoms with Crippen LogP contribution in [0.5, 0.6) is 0 Å². The van der Waals surface area contributed by atoms with Crippen LogP contribution < -0.4 is 16.4 Å². The Bertz CT molecular complexity index is 1650. The van der Waals surface area contributed by atoms with Crippen molar-refractivity contribution < 1.29 is 34.1 Å². The molecule has 0 heterocycles. The van der Waals surface area contributed by atoms with Crippen LogP contribution in [0.15, 0.2) is 91.0 Å². The highest BCUT2D eigenvalue weighted by Crippen LogP contribution is 2.25. The number of alkyl carbamates (subject to hydrolysis) is 1. The molecule has 4 amide bonds. The summed E-state index contributed by atoms with van der Waals surface area (Å²) in [5.74, 6) is -2.89. The fraction of sp³-hybridized carbons (Fsp3) is 0.511. The molecule has 3 rings (SSSR count). The summed E-state index contributed by atoms with van der Waals surface area (Å²) in [6.07, 6.45) is -2.95. The Balaban J connectivity index is 2.08. The molecular formula is C45H64N4O7. The van der Waals surface area contributed by atoms with E-state index in [-0.39, 0.29) is 44.1 Å². The van der Waals surface area contributed by atoms with Crippen molar-refractivity contribution in [3.8, 4) is 0 Å². The molecule has 0 aliphatic rings. The lowest BCUT2D eigenvalue weighted by Crippen LogP contribution is -2.56. The van der Waals surface area contributed by atoms with Gasteiger partial charge in [-0.1, -0.05) is 119 Å². The molecule has 0 saturated carbocycles. The number of aliphatic hydroxyl groups excluding tert-OH is 2. The zero-order valence-electron chi connectivity index (χ0n) is 34.2. The third kappa shape index (κ3) is 15.9. The van der Waals surface area contributed by atoms with Gasteiger partial charge in [0.2, 0.25) is 17.7 Å². The SMILES string of the molecule is CC(C)CC(N)[C@@H](O)CC(=O)N(C(=O)C(Cc1ccccc1)C[C@H](O)C(Cc1ccccc1)NC(=O)OC(C)(C)C)[C@@H](CC(C)C)C(=O)NCc1ccccc1. The predicted octanol–water partition coefficient (Wildman–Crippen LogP) is 5.94. The highest BCUT2D eigenvalue weighted by atomic mass is 16.6. The normalized spacial score (nSPS) is 14.9. The number of benzene rings is 3. The smallest absolute Gasteiger partial charge is 0.407 e. The number of aliphatic hydroxyl groups is 2. The lowest BCUT2D eigenvalue weighted by atomic mass is 9.87. The molecule has 0 fully saturated rings. The van der Waals surface area contributed by atoms with Gasteiger partial charge in [-0.3, -0.25) is 19.3 Å². The molecule has 11 heteroatoms. The zero-order valence-corrected chi connectivity index (χ0v) is 34.2. The van der Waals surface area contributed by atoms with Gasteiger partial charge in [-0.15, -0.1) is 0 Å². The summed E-state index contributed by atoms with van der Waals surface area (Å²) in [5.41, 5.74) is 7.97. The molecule has 0 spiro atoms. The van der Waals surface area contributed by atoms with E-state index in [9.17, 15) is 24.6 Å². The summed E-state index contributed by atoms with van der Waals surface area (Å²) in [4.78, 5) is 57.8. The summed E-state index contributed by atoms with van der Waals surface area (Å²) in [5, 5.41) is 28.9. The number of nitrogens with zero attached hydrogens (tertiary/aromatic N) is 1. The molecule has 3 aromatic carbocycles. The van der Waals surface area contributed by atoms with Crippen LogP contribution in [0.25, 0.3) is 0 Å². The average molecular weight is 773 g/mol. The molecular weight excluding hydrogens is 709 g/mol. The molecule has 0 aliphatic heterocycles. The van der Waals surface area contributed by atoms with Gasteiger partial charge in [0.1, 0.15) is 11.6 Å². The van der Waals surface area contributed by atoms with Gasteiger partial charge in [-0.2, -0.15) is 0 Å². The van der Waals surface area contributed by atoms with Crippen LogP contribution in [0.3, 0.4) is 0 Å². The van der Waals surface area contributed by atoms with E-state index in [2.05, 4.69) is 10.6 Å². The van der Waals surface area contributed by atoms with Crippen molar-refractivity contribution >= 4 is 23.8 Å². The monoisotopic (exact) mass is 772 g/mol. The fourth-order valence-corrected chi connectivity index (χ4v) is 6.69. The average Bonchev–Trinajstić information content (AvgIpc) is 3.13. The number of nitrogens with two attached hydrogens (primary N) is 1. The Hall–Kier alpha value is -4.58. The molecule has 0 saturated heterocycles. The first kappa shape index (κ1) is 45.8. The van der Waals surface area contributed by atoms with Crippen molar-refractivity contribution in [2.75, 3.05) is 0 Å². The molecule has 0 radical (unpaired) electrons. The van der Waals surface area contributed by atoms with E-state index in [1.807, 2.05) is 119 Å². The number of carbonyl (C=O) groups is 4. The number of rotatable bonds is 20. The van der Waals surface area contributed by atoms with Gasteiger partial charge in [-0.25, -0.2) is 4.79 Å². The minimum atomic E-state index is -1.28. The molecule has 0 bridgehead atoms. The van der Waals surface area contributed by atoms with Crippen molar-refractivity contribution in [1.29, 1.82) is 0 Å². The van der Waals surface area contributed by atoms with E-state index >= 15 is 4.79 Å². The second-order valence-corrected chi connectivity index (χ2v) is 16.6. The lowest BCUT2D eigenvalue weighted by molar-refractivity contribution is -0.157. The Kier molecular flexibility index (Phi) is 18.2. The number of imide groups is 1. The number of carbonyl (C=O) groups excluding carboxylic acids is 4. The van der Waals surface area contributed by atoms with Crippen LogP contribution in [-0.2, 0) is 38.5 Å². The van der Waals surface area contributed by atoms with Crippen molar-refractivity contribution in [2.45, 2.75) is 129 Å². The van der Waals surface area contributed by atoms with Gasteiger partial charge in [0.25, 0.3) is 0 Å². The van der Waals surface area contributed by atoms with E-state index in [0.29, 0.717) is 6.42 Å². The van der Waals surface area contributed by atoms with Crippen LogP contribution in [0, 0.1) is 17.8 Å². The van der Waals surface area contributed by atoms with E-state index in [4.69, 9.17) is 10.5 Å². The van der Waals surface area contributed by atoms with Crippen LogP contribution in [0.4, 0.5) is 4.79 Å². The Morgan fingerprint density at radius 1 is 0.714 bits per heavy atom. The largest absolute Gasteiger partial charge is 0.444 e. The molecule has 0 aromatic heterocycles. The molecule has 0 aliphatic carbocycles. The van der Waals surface area contributed by atoms with Crippen molar-refractivity contribution in [1.82, 2.24) is 15.5 Å². The van der Waals surface area contributed by atoms with E-state index in [1.54, 1.807) is 20.8 Å². The minimum Gasteiger partial charge on any atom is -0.444 e. The second-order valence-electron chi connectivity index (χ2n) is 16.6. The topological polar surface area (TPSA) is 171 Å². The first-order chi connectivity index (χ1) is 26.4. The number of amides is 4. The molecule has 3 unspecified atom stereocenters. The fourth-order valence-electron chi connectivity index (χ4n) is 6.69. The minimum absolute atomic E-state index is 0.106. The number of ether oxygens (including phenoxy) is 1. The second kappa shape index (κ2) is 22.2.